The van der Waals surface area contributed by atoms with Crippen LogP contribution in [0, 0.1) is 0 Å². The zero-order valence-electron chi connectivity index (χ0n) is 11.6. The molecule has 1 aromatic heterocycles. The number of carbonyl (C=O) groups is 2. The molecule has 5 nitrogen and oxygen atoms in total. The molecule has 0 radical (unpaired) electrons. The number of amides is 2. The van der Waals surface area contributed by atoms with Crippen molar-refractivity contribution < 1.29 is 14.3 Å². The van der Waals surface area contributed by atoms with Crippen LogP contribution in [-0.2, 0) is 4.74 Å². The standard InChI is InChI=1S/C13H20N2O3S/c1-9(15-12(17)18-13(2,3)4)7-14-11(16)10-5-6-19-8-10/h5-6,8-9H,7H2,1-4H3,(H,14,16)(H,15,17). The van der Waals surface area contributed by atoms with Crippen LogP contribution in [0.3, 0.4) is 0 Å². The van der Waals surface area contributed by atoms with Crippen LogP contribution in [0.2, 0.25) is 0 Å². The summed E-state index contributed by atoms with van der Waals surface area (Å²) in [5, 5.41) is 9.04. The Balaban J connectivity index is 2.30. The molecule has 0 aromatic carbocycles. The van der Waals surface area contributed by atoms with Crippen LogP contribution in [0.15, 0.2) is 16.8 Å². The minimum absolute atomic E-state index is 0.140. The molecule has 1 atom stereocenters. The van der Waals surface area contributed by atoms with Crippen molar-refractivity contribution in [1.82, 2.24) is 10.6 Å². The van der Waals surface area contributed by atoms with Crippen molar-refractivity contribution in [3.8, 4) is 0 Å². The van der Waals surface area contributed by atoms with Gasteiger partial charge in [-0.2, -0.15) is 11.3 Å². The highest BCUT2D eigenvalue weighted by Gasteiger charge is 2.17. The Morgan fingerprint density at radius 3 is 2.63 bits per heavy atom. The van der Waals surface area contributed by atoms with Crippen LogP contribution in [0.1, 0.15) is 38.1 Å². The lowest BCUT2D eigenvalue weighted by molar-refractivity contribution is 0.0506. The van der Waals surface area contributed by atoms with E-state index in [1.807, 2.05) is 5.38 Å². The number of thiophene rings is 1. The third-order valence-electron chi connectivity index (χ3n) is 2.12. The summed E-state index contributed by atoms with van der Waals surface area (Å²) in [6.07, 6.45) is -0.482. The lowest BCUT2D eigenvalue weighted by atomic mass is 10.2. The van der Waals surface area contributed by atoms with E-state index in [1.54, 1.807) is 39.1 Å². The molecule has 0 saturated heterocycles. The van der Waals surface area contributed by atoms with Crippen molar-refractivity contribution in [2.75, 3.05) is 6.54 Å². The quantitative estimate of drug-likeness (QED) is 0.892. The van der Waals surface area contributed by atoms with E-state index in [-0.39, 0.29) is 11.9 Å². The average molecular weight is 284 g/mol. The summed E-state index contributed by atoms with van der Waals surface area (Å²) in [6.45, 7) is 7.56. The predicted molar refractivity (Wildman–Crippen MR) is 75.5 cm³/mol. The molecule has 1 rings (SSSR count). The number of carbonyl (C=O) groups excluding carboxylic acids is 2. The highest BCUT2D eigenvalue weighted by molar-refractivity contribution is 7.08. The van der Waals surface area contributed by atoms with Gasteiger partial charge in [-0.3, -0.25) is 4.79 Å². The van der Waals surface area contributed by atoms with Crippen molar-refractivity contribution in [2.24, 2.45) is 0 Å². The van der Waals surface area contributed by atoms with E-state index in [4.69, 9.17) is 4.74 Å². The van der Waals surface area contributed by atoms with E-state index in [0.717, 1.165) is 0 Å². The van der Waals surface area contributed by atoms with E-state index in [0.29, 0.717) is 12.1 Å². The van der Waals surface area contributed by atoms with Crippen molar-refractivity contribution in [3.63, 3.8) is 0 Å². The largest absolute Gasteiger partial charge is 0.444 e. The number of hydrogen-bond donors (Lipinski definition) is 2. The molecule has 0 aliphatic carbocycles. The van der Waals surface area contributed by atoms with Crippen LogP contribution in [-0.4, -0.2) is 30.2 Å². The fourth-order valence-electron chi connectivity index (χ4n) is 1.30. The molecule has 2 amide bonds. The lowest BCUT2D eigenvalue weighted by Gasteiger charge is -2.22. The van der Waals surface area contributed by atoms with Crippen molar-refractivity contribution in [1.29, 1.82) is 0 Å². The molecule has 1 aromatic rings. The Bertz CT molecular complexity index is 424. The molecule has 0 saturated carbocycles. The van der Waals surface area contributed by atoms with Crippen molar-refractivity contribution >= 4 is 23.3 Å². The summed E-state index contributed by atoms with van der Waals surface area (Å²) in [5.41, 5.74) is 0.110. The Morgan fingerprint density at radius 2 is 2.11 bits per heavy atom. The average Bonchev–Trinajstić information content (AvgIpc) is 2.76. The molecular weight excluding hydrogens is 264 g/mol. The highest BCUT2D eigenvalue weighted by Crippen LogP contribution is 2.07. The Morgan fingerprint density at radius 1 is 1.42 bits per heavy atom. The molecule has 0 bridgehead atoms. The second-order valence-corrected chi connectivity index (χ2v) is 6.05. The molecule has 19 heavy (non-hydrogen) atoms. The molecule has 1 unspecified atom stereocenters. The SMILES string of the molecule is CC(CNC(=O)c1ccsc1)NC(=O)OC(C)(C)C. The fourth-order valence-corrected chi connectivity index (χ4v) is 1.94. The molecule has 0 fully saturated rings. The number of alkyl carbamates (subject to hydrolysis) is 1. The van der Waals surface area contributed by atoms with Crippen LogP contribution in [0.5, 0.6) is 0 Å². The monoisotopic (exact) mass is 284 g/mol. The Kier molecular flexibility index (Phi) is 5.35. The highest BCUT2D eigenvalue weighted by atomic mass is 32.1. The van der Waals surface area contributed by atoms with Gasteiger partial charge in [0.25, 0.3) is 5.91 Å². The minimum Gasteiger partial charge on any atom is -0.444 e. The van der Waals surface area contributed by atoms with Crippen molar-refractivity contribution in [2.45, 2.75) is 39.3 Å². The summed E-state index contributed by atoms with van der Waals surface area (Å²) >= 11 is 1.47. The predicted octanol–water partition coefficient (Wildman–Crippen LogP) is 2.39. The normalized spacial score (nSPS) is 12.6. The topological polar surface area (TPSA) is 67.4 Å². The molecule has 2 N–H and O–H groups in total. The third kappa shape index (κ3) is 6.24. The molecular formula is C13H20N2O3S. The first-order valence-electron chi connectivity index (χ1n) is 6.08. The van der Waals surface area contributed by atoms with Gasteiger partial charge in [-0.25, -0.2) is 4.79 Å². The number of hydrogen-bond acceptors (Lipinski definition) is 4. The zero-order valence-corrected chi connectivity index (χ0v) is 12.5. The van der Waals surface area contributed by atoms with Gasteiger partial charge in [0.1, 0.15) is 5.60 Å². The second kappa shape index (κ2) is 6.56. The molecule has 0 spiro atoms. The molecule has 6 heteroatoms. The van der Waals surface area contributed by atoms with Crippen LogP contribution in [0.25, 0.3) is 0 Å². The minimum atomic E-state index is -0.524. The first-order valence-corrected chi connectivity index (χ1v) is 7.02. The summed E-state index contributed by atoms with van der Waals surface area (Å²) in [6, 6.07) is 1.56. The summed E-state index contributed by atoms with van der Waals surface area (Å²) in [5.74, 6) is -0.140. The molecule has 106 valence electrons. The smallest absolute Gasteiger partial charge is 0.407 e. The second-order valence-electron chi connectivity index (χ2n) is 5.27. The maximum atomic E-state index is 11.7. The van der Waals surface area contributed by atoms with Crippen LogP contribution >= 0.6 is 11.3 Å². The zero-order chi connectivity index (χ0) is 14.5. The van der Waals surface area contributed by atoms with Gasteiger partial charge in [-0.1, -0.05) is 0 Å². The van der Waals surface area contributed by atoms with E-state index in [9.17, 15) is 9.59 Å². The van der Waals surface area contributed by atoms with Crippen molar-refractivity contribution in [3.05, 3.63) is 22.4 Å². The molecule has 0 aliphatic heterocycles. The van der Waals surface area contributed by atoms with Gasteiger partial charge in [0, 0.05) is 23.5 Å². The van der Waals surface area contributed by atoms with E-state index < -0.39 is 11.7 Å². The van der Waals surface area contributed by atoms with E-state index in [2.05, 4.69) is 10.6 Å². The van der Waals surface area contributed by atoms with Crippen LogP contribution in [0.4, 0.5) is 4.79 Å². The first-order chi connectivity index (χ1) is 8.78. The van der Waals surface area contributed by atoms with E-state index >= 15 is 0 Å². The van der Waals surface area contributed by atoms with Gasteiger partial charge in [-0.05, 0) is 39.1 Å². The van der Waals surface area contributed by atoms with Crippen LogP contribution < -0.4 is 10.6 Å². The number of ether oxygens (including phenoxy) is 1. The Labute approximate surface area is 117 Å². The fraction of sp³-hybridized carbons (Fsp3) is 0.538. The maximum absolute atomic E-state index is 11.7. The maximum Gasteiger partial charge on any atom is 0.407 e. The lowest BCUT2D eigenvalue weighted by Crippen LogP contribution is -2.43. The first kappa shape index (κ1) is 15.5. The van der Waals surface area contributed by atoms with Gasteiger partial charge in [0.2, 0.25) is 0 Å². The van der Waals surface area contributed by atoms with E-state index in [1.165, 1.54) is 11.3 Å². The summed E-state index contributed by atoms with van der Waals surface area (Å²) < 4.78 is 5.13. The summed E-state index contributed by atoms with van der Waals surface area (Å²) in [7, 11) is 0. The molecule has 1 heterocycles. The van der Waals surface area contributed by atoms with Gasteiger partial charge >= 0.3 is 6.09 Å². The van der Waals surface area contributed by atoms with Gasteiger partial charge in [0.05, 0.1) is 0 Å². The van der Waals surface area contributed by atoms with Gasteiger partial charge in [-0.15, -0.1) is 0 Å². The summed E-state index contributed by atoms with van der Waals surface area (Å²) in [4.78, 5) is 23.2. The number of nitrogens with one attached hydrogen (secondary N) is 2. The Hall–Kier alpha value is -1.56. The number of rotatable bonds is 4. The molecule has 0 aliphatic rings. The third-order valence-corrected chi connectivity index (χ3v) is 2.80. The van der Waals surface area contributed by atoms with Gasteiger partial charge in [0.15, 0.2) is 0 Å². The van der Waals surface area contributed by atoms with Gasteiger partial charge < -0.3 is 15.4 Å².